The average Bonchev–Trinajstić information content (AvgIpc) is 3.33. The van der Waals surface area contributed by atoms with E-state index in [9.17, 15) is 4.79 Å². The maximum atomic E-state index is 13.2. The van der Waals surface area contributed by atoms with Gasteiger partial charge in [-0.2, -0.15) is 0 Å². The molecule has 1 amide bonds. The van der Waals surface area contributed by atoms with E-state index in [1.165, 1.54) is 38.5 Å². The Hall–Kier alpha value is -1.65. The van der Waals surface area contributed by atoms with E-state index in [1.807, 2.05) is 6.20 Å². The van der Waals surface area contributed by atoms with Gasteiger partial charge in [0.05, 0.1) is 12.1 Å². The molecule has 3 heterocycles. The fraction of sp³-hybridized carbons (Fsp3) is 0.737. The third kappa shape index (κ3) is 3.13. The van der Waals surface area contributed by atoms with Gasteiger partial charge in [0.1, 0.15) is 5.82 Å². The number of nitrogens with zero attached hydrogens (tertiary/aromatic N) is 4. The van der Waals surface area contributed by atoms with Crippen LogP contribution in [0.3, 0.4) is 0 Å². The fourth-order valence-corrected chi connectivity index (χ4v) is 4.97. The van der Waals surface area contributed by atoms with Crippen LogP contribution in [0.15, 0.2) is 18.6 Å². The summed E-state index contributed by atoms with van der Waals surface area (Å²) < 4.78 is 0. The predicted octanol–water partition coefficient (Wildman–Crippen LogP) is 2.87. The van der Waals surface area contributed by atoms with E-state index in [0.717, 1.165) is 44.2 Å². The molecule has 5 heteroatoms. The van der Waals surface area contributed by atoms with Gasteiger partial charge in [0.25, 0.3) is 0 Å². The Morgan fingerprint density at radius 3 is 2.62 bits per heavy atom. The van der Waals surface area contributed by atoms with Crippen molar-refractivity contribution in [2.45, 2.75) is 57.4 Å². The third-order valence-electron chi connectivity index (χ3n) is 6.17. The van der Waals surface area contributed by atoms with Crippen LogP contribution in [0.2, 0.25) is 0 Å². The standard InChI is InChI=1S/C19H28N4O/c24-19(23-12-4-8-17(23)15-5-1-2-6-15)16-7-3-11-22(14-16)18-13-20-9-10-21-18/h9-10,13,15-17H,1-8,11-12,14H2/t16-,17+/m1/s1. The number of hydrogen-bond donors (Lipinski definition) is 0. The average molecular weight is 328 g/mol. The zero-order chi connectivity index (χ0) is 16.4. The Morgan fingerprint density at radius 1 is 1.00 bits per heavy atom. The molecule has 1 aromatic rings. The minimum atomic E-state index is 0.128. The van der Waals surface area contributed by atoms with Crippen molar-refractivity contribution in [2.75, 3.05) is 24.5 Å². The number of amides is 1. The summed E-state index contributed by atoms with van der Waals surface area (Å²) in [6, 6.07) is 0.520. The second kappa shape index (κ2) is 7.08. The zero-order valence-electron chi connectivity index (χ0n) is 14.4. The van der Waals surface area contributed by atoms with E-state index in [-0.39, 0.29) is 5.92 Å². The van der Waals surface area contributed by atoms with E-state index in [4.69, 9.17) is 0 Å². The number of piperidine rings is 1. The van der Waals surface area contributed by atoms with Crippen molar-refractivity contribution in [1.82, 2.24) is 14.9 Å². The number of carbonyl (C=O) groups is 1. The highest BCUT2D eigenvalue weighted by Crippen LogP contribution is 2.36. The number of hydrogen-bond acceptors (Lipinski definition) is 4. The highest BCUT2D eigenvalue weighted by atomic mass is 16.2. The number of anilines is 1. The molecule has 0 aromatic carbocycles. The van der Waals surface area contributed by atoms with Crippen molar-refractivity contribution in [3.8, 4) is 0 Å². The molecule has 1 saturated carbocycles. The van der Waals surface area contributed by atoms with Crippen molar-refractivity contribution in [2.24, 2.45) is 11.8 Å². The van der Waals surface area contributed by atoms with Gasteiger partial charge in [-0.1, -0.05) is 12.8 Å². The van der Waals surface area contributed by atoms with Crippen LogP contribution in [-0.2, 0) is 4.79 Å². The summed E-state index contributed by atoms with van der Waals surface area (Å²) in [6.45, 7) is 2.75. The van der Waals surface area contributed by atoms with Crippen molar-refractivity contribution in [1.29, 1.82) is 0 Å². The summed E-state index contributed by atoms with van der Waals surface area (Å²) in [5.41, 5.74) is 0. The summed E-state index contributed by atoms with van der Waals surface area (Å²) >= 11 is 0. The molecule has 1 aromatic heterocycles. The molecule has 0 bridgehead atoms. The minimum absolute atomic E-state index is 0.128. The first-order valence-corrected chi connectivity index (χ1v) is 9.64. The maximum Gasteiger partial charge on any atom is 0.227 e. The molecule has 5 nitrogen and oxygen atoms in total. The van der Waals surface area contributed by atoms with Crippen LogP contribution in [0.5, 0.6) is 0 Å². The van der Waals surface area contributed by atoms with Gasteiger partial charge < -0.3 is 9.80 Å². The van der Waals surface area contributed by atoms with Gasteiger partial charge in [-0.25, -0.2) is 4.98 Å². The second-order valence-electron chi connectivity index (χ2n) is 7.63. The molecular weight excluding hydrogens is 300 g/mol. The lowest BCUT2D eigenvalue weighted by molar-refractivity contribution is -0.137. The van der Waals surface area contributed by atoms with Crippen molar-refractivity contribution >= 4 is 11.7 Å². The summed E-state index contributed by atoms with van der Waals surface area (Å²) in [4.78, 5) is 26.3. The topological polar surface area (TPSA) is 49.3 Å². The smallest absolute Gasteiger partial charge is 0.227 e. The highest BCUT2D eigenvalue weighted by Gasteiger charge is 2.39. The van der Waals surface area contributed by atoms with E-state index in [2.05, 4.69) is 19.8 Å². The first-order chi connectivity index (χ1) is 11.8. The molecule has 0 radical (unpaired) electrons. The molecule has 2 atom stereocenters. The Bertz CT molecular complexity index is 558. The molecule has 0 unspecified atom stereocenters. The normalized spacial score (nSPS) is 28.5. The Balaban J connectivity index is 1.43. The molecular formula is C19H28N4O. The number of likely N-dealkylation sites (tertiary alicyclic amines) is 1. The van der Waals surface area contributed by atoms with Gasteiger partial charge in [0.15, 0.2) is 0 Å². The molecule has 130 valence electrons. The molecule has 24 heavy (non-hydrogen) atoms. The van der Waals surface area contributed by atoms with Crippen LogP contribution in [0, 0.1) is 11.8 Å². The number of aromatic nitrogens is 2. The first kappa shape index (κ1) is 15.9. The Morgan fingerprint density at radius 2 is 1.83 bits per heavy atom. The van der Waals surface area contributed by atoms with E-state index in [0.29, 0.717) is 11.9 Å². The molecule has 1 aliphatic carbocycles. The molecule has 0 spiro atoms. The Kier molecular flexibility index (Phi) is 4.67. The van der Waals surface area contributed by atoms with Crippen LogP contribution >= 0.6 is 0 Å². The lowest BCUT2D eigenvalue weighted by Gasteiger charge is -2.37. The molecule has 0 N–H and O–H groups in total. The first-order valence-electron chi connectivity index (χ1n) is 9.64. The summed E-state index contributed by atoms with van der Waals surface area (Å²) in [5.74, 6) is 2.20. The molecule has 3 aliphatic rings. The lowest BCUT2D eigenvalue weighted by atomic mass is 9.92. The van der Waals surface area contributed by atoms with Gasteiger partial charge in [-0.05, 0) is 44.4 Å². The fourth-order valence-electron chi connectivity index (χ4n) is 4.97. The maximum absolute atomic E-state index is 13.2. The predicted molar refractivity (Wildman–Crippen MR) is 93.7 cm³/mol. The number of carbonyl (C=O) groups excluding carboxylic acids is 1. The Labute approximate surface area is 144 Å². The minimum Gasteiger partial charge on any atom is -0.355 e. The monoisotopic (exact) mass is 328 g/mol. The second-order valence-corrected chi connectivity index (χ2v) is 7.63. The van der Waals surface area contributed by atoms with E-state index < -0.39 is 0 Å². The SMILES string of the molecule is O=C([C@@H]1CCCN(c2cnccn2)C1)N1CCC[C@H]1C1CCCC1. The van der Waals surface area contributed by atoms with Crippen LogP contribution in [0.25, 0.3) is 0 Å². The van der Waals surface area contributed by atoms with Gasteiger partial charge >= 0.3 is 0 Å². The van der Waals surface area contributed by atoms with Gasteiger partial charge in [0, 0.05) is 38.1 Å². The zero-order valence-corrected chi connectivity index (χ0v) is 14.4. The summed E-state index contributed by atoms with van der Waals surface area (Å²) in [6.07, 6.45) is 15.1. The third-order valence-corrected chi connectivity index (χ3v) is 6.17. The van der Waals surface area contributed by atoms with Crippen LogP contribution in [0.4, 0.5) is 5.82 Å². The van der Waals surface area contributed by atoms with Crippen LogP contribution in [0.1, 0.15) is 51.4 Å². The van der Waals surface area contributed by atoms with Gasteiger partial charge in [0.2, 0.25) is 5.91 Å². The highest BCUT2D eigenvalue weighted by molar-refractivity contribution is 5.80. The molecule has 2 saturated heterocycles. The van der Waals surface area contributed by atoms with Crippen LogP contribution in [-0.4, -0.2) is 46.5 Å². The van der Waals surface area contributed by atoms with Gasteiger partial charge in [-0.15, -0.1) is 0 Å². The quantitative estimate of drug-likeness (QED) is 0.856. The number of rotatable bonds is 3. The molecule has 3 fully saturated rings. The van der Waals surface area contributed by atoms with Crippen molar-refractivity contribution in [3.63, 3.8) is 0 Å². The van der Waals surface area contributed by atoms with E-state index >= 15 is 0 Å². The largest absolute Gasteiger partial charge is 0.355 e. The van der Waals surface area contributed by atoms with Crippen molar-refractivity contribution < 1.29 is 4.79 Å². The molecule has 2 aliphatic heterocycles. The lowest BCUT2D eigenvalue weighted by Crippen LogP contribution is -2.48. The summed E-state index contributed by atoms with van der Waals surface area (Å²) in [5, 5.41) is 0. The van der Waals surface area contributed by atoms with Gasteiger partial charge in [-0.3, -0.25) is 9.78 Å². The van der Waals surface area contributed by atoms with Crippen LogP contribution < -0.4 is 4.90 Å². The van der Waals surface area contributed by atoms with Crippen molar-refractivity contribution in [3.05, 3.63) is 18.6 Å². The van der Waals surface area contributed by atoms with E-state index in [1.54, 1.807) is 12.4 Å². The molecule has 4 rings (SSSR count). The summed E-state index contributed by atoms with van der Waals surface area (Å²) in [7, 11) is 0.